The molecule has 0 unspecified atom stereocenters. The molecular formula is C32H32F6O2. The SMILES string of the molecule is CCCCCc1ccc(OC(=O)c2ccc(C3CCC(c4ccc(CC)c(F)c4F)CC3)c(F)c2F)c(F)c1F. The van der Waals surface area contributed by atoms with Crippen molar-refractivity contribution >= 4 is 5.97 Å². The fourth-order valence-corrected chi connectivity index (χ4v) is 5.51. The molecule has 214 valence electrons. The van der Waals surface area contributed by atoms with Gasteiger partial charge < -0.3 is 4.74 Å². The Bertz CT molecular complexity index is 1380. The molecule has 4 rings (SSSR count). The van der Waals surface area contributed by atoms with Crippen LogP contribution in [0.5, 0.6) is 5.75 Å². The van der Waals surface area contributed by atoms with E-state index in [2.05, 4.69) is 0 Å². The second-order valence-electron chi connectivity index (χ2n) is 10.4. The van der Waals surface area contributed by atoms with Crippen molar-refractivity contribution in [1.29, 1.82) is 0 Å². The van der Waals surface area contributed by atoms with Gasteiger partial charge in [-0.05, 0) is 91.2 Å². The molecule has 0 aliphatic heterocycles. The van der Waals surface area contributed by atoms with Crippen LogP contribution in [0.4, 0.5) is 26.3 Å². The number of aryl methyl sites for hydroxylation is 2. The molecule has 3 aromatic rings. The monoisotopic (exact) mass is 562 g/mol. The first-order valence-corrected chi connectivity index (χ1v) is 13.8. The molecule has 40 heavy (non-hydrogen) atoms. The third-order valence-electron chi connectivity index (χ3n) is 7.89. The van der Waals surface area contributed by atoms with Crippen LogP contribution in [0.1, 0.15) is 103 Å². The van der Waals surface area contributed by atoms with Crippen molar-refractivity contribution in [3.8, 4) is 5.75 Å². The topological polar surface area (TPSA) is 26.3 Å². The summed E-state index contributed by atoms with van der Waals surface area (Å²) < 4.78 is 92.7. The van der Waals surface area contributed by atoms with Crippen molar-refractivity contribution < 1.29 is 35.9 Å². The Balaban J connectivity index is 1.45. The van der Waals surface area contributed by atoms with E-state index in [0.717, 1.165) is 25.0 Å². The van der Waals surface area contributed by atoms with E-state index in [1.54, 1.807) is 19.1 Å². The maximum absolute atomic E-state index is 15.1. The van der Waals surface area contributed by atoms with Gasteiger partial charge in [-0.2, -0.15) is 4.39 Å². The number of ether oxygens (including phenoxy) is 1. The van der Waals surface area contributed by atoms with Crippen LogP contribution in [0.3, 0.4) is 0 Å². The summed E-state index contributed by atoms with van der Waals surface area (Å²) in [4.78, 5) is 12.6. The first-order valence-electron chi connectivity index (χ1n) is 13.8. The summed E-state index contributed by atoms with van der Waals surface area (Å²) in [7, 11) is 0. The minimum absolute atomic E-state index is 0.0640. The molecule has 0 atom stereocenters. The van der Waals surface area contributed by atoms with E-state index < -0.39 is 52.2 Å². The number of hydrogen-bond acceptors (Lipinski definition) is 2. The minimum atomic E-state index is -1.44. The predicted molar refractivity (Wildman–Crippen MR) is 141 cm³/mol. The fourth-order valence-electron chi connectivity index (χ4n) is 5.51. The number of carbonyl (C=O) groups excluding carboxylic acids is 1. The van der Waals surface area contributed by atoms with Crippen molar-refractivity contribution in [3.05, 3.63) is 99.1 Å². The second kappa shape index (κ2) is 12.9. The minimum Gasteiger partial charge on any atom is -0.420 e. The van der Waals surface area contributed by atoms with Crippen LogP contribution in [0.2, 0.25) is 0 Å². The molecule has 0 bridgehead atoms. The molecule has 0 saturated heterocycles. The highest BCUT2D eigenvalue weighted by Gasteiger charge is 2.30. The molecule has 2 nitrogen and oxygen atoms in total. The summed E-state index contributed by atoms with van der Waals surface area (Å²) in [5.74, 6) is -9.55. The van der Waals surface area contributed by atoms with Crippen molar-refractivity contribution in [2.75, 3.05) is 0 Å². The smallest absolute Gasteiger partial charge is 0.346 e. The molecule has 0 heterocycles. The first kappa shape index (κ1) is 29.7. The van der Waals surface area contributed by atoms with Crippen LogP contribution >= 0.6 is 0 Å². The predicted octanol–water partition coefficient (Wildman–Crippen LogP) is 9.48. The third-order valence-corrected chi connectivity index (χ3v) is 7.89. The molecule has 1 aliphatic rings. The molecule has 0 aromatic heterocycles. The number of benzene rings is 3. The lowest BCUT2D eigenvalue weighted by Crippen LogP contribution is -2.17. The van der Waals surface area contributed by atoms with Gasteiger partial charge in [0.2, 0.25) is 5.82 Å². The van der Waals surface area contributed by atoms with Gasteiger partial charge in [-0.1, -0.05) is 51.0 Å². The standard InChI is InChI=1S/C32H32F6O2/c1-3-5-6-7-21-13-17-25(31(38)27(21)34)40-32(39)24-16-15-23(29(36)30(24)37)20-10-8-19(9-11-20)22-14-12-18(4-2)26(33)28(22)35/h12-17,19-20H,3-11H2,1-2H3. The molecule has 0 N–H and O–H groups in total. The van der Waals surface area contributed by atoms with Crippen LogP contribution in [0.15, 0.2) is 36.4 Å². The van der Waals surface area contributed by atoms with E-state index in [1.165, 1.54) is 12.1 Å². The zero-order chi connectivity index (χ0) is 29.0. The van der Waals surface area contributed by atoms with Gasteiger partial charge in [0.25, 0.3) is 0 Å². The number of esters is 1. The summed E-state index contributed by atoms with van der Waals surface area (Å²) >= 11 is 0. The Morgan fingerprint density at radius 1 is 0.675 bits per heavy atom. The summed E-state index contributed by atoms with van der Waals surface area (Å²) in [5.41, 5.74) is 0.0614. The number of rotatable bonds is 9. The summed E-state index contributed by atoms with van der Waals surface area (Å²) in [6.45, 7) is 3.73. The highest BCUT2D eigenvalue weighted by Crippen LogP contribution is 2.43. The van der Waals surface area contributed by atoms with Crippen molar-refractivity contribution in [2.24, 2.45) is 0 Å². The van der Waals surface area contributed by atoms with Crippen molar-refractivity contribution in [1.82, 2.24) is 0 Å². The van der Waals surface area contributed by atoms with E-state index in [4.69, 9.17) is 4.74 Å². The van der Waals surface area contributed by atoms with E-state index in [0.29, 0.717) is 50.5 Å². The largest absolute Gasteiger partial charge is 0.420 e. The van der Waals surface area contributed by atoms with E-state index in [-0.39, 0.29) is 28.5 Å². The molecular weight excluding hydrogens is 530 g/mol. The van der Waals surface area contributed by atoms with Crippen LogP contribution in [0.25, 0.3) is 0 Å². The molecule has 1 aliphatic carbocycles. The lowest BCUT2D eigenvalue weighted by Gasteiger charge is -2.30. The Morgan fingerprint density at radius 2 is 1.23 bits per heavy atom. The number of unbranched alkanes of at least 4 members (excludes halogenated alkanes) is 2. The van der Waals surface area contributed by atoms with Gasteiger partial charge in [0.15, 0.2) is 34.8 Å². The van der Waals surface area contributed by atoms with Gasteiger partial charge >= 0.3 is 5.97 Å². The van der Waals surface area contributed by atoms with Crippen molar-refractivity contribution in [2.45, 2.75) is 83.5 Å². The average Bonchev–Trinajstić information content (AvgIpc) is 2.95. The summed E-state index contributed by atoms with van der Waals surface area (Å²) in [5, 5.41) is 0. The highest BCUT2D eigenvalue weighted by molar-refractivity contribution is 5.91. The second-order valence-corrected chi connectivity index (χ2v) is 10.4. The normalized spacial score (nSPS) is 17.2. The number of hydrogen-bond donors (Lipinski definition) is 0. The lowest BCUT2D eigenvalue weighted by molar-refractivity contribution is 0.0720. The highest BCUT2D eigenvalue weighted by atomic mass is 19.2. The molecule has 8 heteroatoms. The van der Waals surface area contributed by atoms with Crippen molar-refractivity contribution in [3.63, 3.8) is 0 Å². The number of halogens is 6. The maximum atomic E-state index is 15.1. The molecule has 0 amide bonds. The Hall–Kier alpha value is -3.29. The third kappa shape index (κ3) is 6.06. The Morgan fingerprint density at radius 3 is 1.82 bits per heavy atom. The van der Waals surface area contributed by atoms with Crippen LogP contribution in [-0.4, -0.2) is 5.97 Å². The molecule has 1 fully saturated rings. The van der Waals surface area contributed by atoms with Gasteiger partial charge in [0, 0.05) is 0 Å². The van der Waals surface area contributed by atoms with Gasteiger partial charge in [-0.25, -0.2) is 26.7 Å². The average molecular weight is 563 g/mol. The molecule has 0 spiro atoms. The quantitative estimate of drug-likeness (QED) is 0.112. The first-order chi connectivity index (χ1) is 19.2. The molecule has 3 aromatic carbocycles. The molecule has 1 saturated carbocycles. The van der Waals surface area contributed by atoms with Crippen LogP contribution in [0, 0.1) is 34.9 Å². The number of carbonyl (C=O) groups is 1. The van der Waals surface area contributed by atoms with Gasteiger partial charge in [-0.3, -0.25) is 0 Å². The fraction of sp³-hybridized carbons (Fsp3) is 0.406. The zero-order valence-corrected chi connectivity index (χ0v) is 22.6. The lowest BCUT2D eigenvalue weighted by atomic mass is 9.75. The Labute approximate surface area is 230 Å². The van der Waals surface area contributed by atoms with Gasteiger partial charge in [-0.15, -0.1) is 0 Å². The summed E-state index contributed by atoms with van der Waals surface area (Å²) in [6.07, 6.45) is 4.88. The zero-order valence-electron chi connectivity index (χ0n) is 22.6. The van der Waals surface area contributed by atoms with Gasteiger partial charge in [0.05, 0.1) is 5.56 Å². The maximum Gasteiger partial charge on any atom is 0.346 e. The molecule has 0 radical (unpaired) electrons. The van der Waals surface area contributed by atoms with E-state index in [9.17, 15) is 26.7 Å². The van der Waals surface area contributed by atoms with Crippen LogP contribution < -0.4 is 4.74 Å². The van der Waals surface area contributed by atoms with Crippen LogP contribution in [-0.2, 0) is 12.8 Å². The summed E-state index contributed by atoms with van der Waals surface area (Å²) in [6, 6.07) is 7.93. The van der Waals surface area contributed by atoms with E-state index >= 15 is 4.39 Å². The Kier molecular flexibility index (Phi) is 9.59. The van der Waals surface area contributed by atoms with E-state index in [1.807, 2.05) is 6.92 Å². The van der Waals surface area contributed by atoms with Gasteiger partial charge in [0.1, 0.15) is 0 Å².